The molecule has 3 unspecified atom stereocenters. The van der Waals surface area contributed by atoms with E-state index in [4.69, 9.17) is 18.9 Å². The minimum atomic E-state index is -0.522. The van der Waals surface area contributed by atoms with Crippen LogP contribution in [0.4, 0.5) is 0 Å². The van der Waals surface area contributed by atoms with Crippen LogP contribution in [0, 0.1) is 0 Å². The topological polar surface area (TPSA) is 71.1 Å². The van der Waals surface area contributed by atoms with Crippen molar-refractivity contribution in [2.75, 3.05) is 61.4 Å². The summed E-state index contributed by atoms with van der Waals surface area (Å²) < 4.78 is 24.1. The van der Waals surface area contributed by atoms with E-state index in [0.717, 1.165) is 35.5 Å². The molecule has 3 atom stereocenters. The van der Waals surface area contributed by atoms with Gasteiger partial charge in [0.2, 0.25) is 0 Å². The van der Waals surface area contributed by atoms with Crippen molar-refractivity contribution in [1.82, 2.24) is 0 Å². The van der Waals surface area contributed by atoms with Crippen molar-refractivity contribution < 1.29 is 28.5 Å². The fourth-order valence-electron chi connectivity index (χ4n) is 6.62. The number of carbonyl (C=O) groups is 2. The Kier molecular flexibility index (Phi) is 23.2. The van der Waals surface area contributed by atoms with Crippen molar-refractivity contribution >= 4 is 106 Å². The number of carbonyl (C=O) groups excluding carboxylic acids is 2. The van der Waals surface area contributed by atoms with Gasteiger partial charge in [-0.2, -0.15) is 11.8 Å². The second kappa shape index (κ2) is 27.4. The first-order chi connectivity index (χ1) is 30.3. The highest BCUT2D eigenvalue weighted by Gasteiger charge is 2.26. The van der Waals surface area contributed by atoms with Gasteiger partial charge in [-0.1, -0.05) is 51.3 Å². The molecule has 4 rings (SSSR count). The van der Waals surface area contributed by atoms with Gasteiger partial charge in [-0.15, -0.1) is 82.3 Å². The van der Waals surface area contributed by atoms with Gasteiger partial charge in [0, 0.05) is 58.4 Å². The molecule has 0 aromatic heterocycles. The Balaban J connectivity index is 1.35. The van der Waals surface area contributed by atoms with E-state index in [2.05, 4.69) is 113 Å². The molecule has 0 saturated carbocycles. The first-order valence-corrected chi connectivity index (χ1v) is 29.8. The molecule has 0 aliphatic carbocycles. The predicted molar refractivity (Wildman–Crippen MR) is 282 cm³/mol. The Morgan fingerprint density at radius 1 is 0.635 bits per heavy atom. The van der Waals surface area contributed by atoms with Crippen LogP contribution in [0.5, 0.6) is 11.5 Å². The fourth-order valence-corrected chi connectivity index (χ4v) is 12.8. The van der Waals surface area contributed by atoms with Gasteiger partial charge in [-0.05, 0) is 134 Å². The number of hydrogen-bond donors (Lipinski definition) is 0. The van der Waals surface area contributed by atoms with Gasteiger partial charge in [-0.3, -0.25) is 0 Å². The summed E-state index contributed by atoms with van der Waals surface area (Å²) in [5.41, 5.74) is 4.09. The average Bonchev–Trinajstić information content (AvgIpc) is 3.31. The van der Waals surface area contributed by atoms with Crippen molar-refractivity contribution in [3.05, 3.63) is 120 Å². The summed E-state index contributed by atoms with van der Waals surface area (Å²) in [5, 5.41) is 0. The number of thioether (sulfide) groups is 8. The quantitative estimate of drug-likeness (QED) is 0.0187. The van der Waals surface area contributed by atoms with E-state index in [-0.39, 0.29) is 12.0 Å². The molecule has 0 aliphatic heterocycles. The fraction of sp³-hybridized carbons (Fsp3) is 0.388. The average molecular weight is 1000 g/mol. The monoisotopic (exact) mass is 1000 g/mol. The molecule has 0 spiro atoms. The maximum Gasteiger partial charge on any atom is 0.331 e. The number of esters is 2. The molecule has 0 aliphatic rings. The van der Waals surface area contributed by atoms with Crippen LogP contribution in [0.2, 0.25) is 0 Å². The van der Waals surface area contributed by atoms with Gasteiger partial charge >= 0.3 is 11.9 Å². The van der Waals surface area contributed by atoms with Gasteiger partial charge in [0.05, 0.1) is 0 Å². The zero-order valence-electron chi connectivity index (χ0n) is 37.7. The highest BCUT2D eigenvalue weighted by molar-refractivity contribution is 8.01. The molecule has 0 heterocycles. The Bertz CT molecular complexity index is 2060. The van der Waals surface area contributed by atoms with Crippen LogP contribution in [-0.4, -0.2) is 91.0 Å². The molecule has 63 heavy (non-hydrogen) atoms. The summed E-state index contributed by atoms with van der Waals surface area (Å²) >= 11 is 14.0. The first kappa shape index (κ1) is 53.3. The minimum absolute atomic E-state index is 0.236. The smallest absolute Gasteiger partial charge is 0.331 e. The van der Waals surface area contributed by atoms with Crippen molar-refractivity contribution in [1.29, 1.82) is 0 Å². The van der Waals surface area contributed by atoms with Crippen molar-refractivity contribution in [2.24, 2.45) is 0 Å². The minimum Gasteiger partial charge on any atom is -0.490 e. The zero-order chi connectivity index (χ0) is 45.9. The first-order valence-electron chi connectivity index (χ1n) is 20.3. The van der Waals surface area contributed by atoms with E-state index in [9.17, 15) is 9.59 Å². The van der Waals surface area contributed by atoms with Crippen molar-refractivity contribution in [2.45, 2.75) is 86.0 Å². The SMILES string of the molecule is C=CC(=O)OC(COc1ccc(C(C)(C)c2ccc(OC(C)C(OC(=O)C=C)SCCc3c(SC)cc(SC)cc3SC)cc2)cc1)CSCCc1c(SC)cc(SC)cc1SC. The van der Waals surface area contributed by atoms with Crippen molar-refractivity contribution in [3.8, 4) is 11.5 Å². The number of rotatable bonds is 27. The van der Waals surface area contributed by atoms with Crippen LogP contribution in [0.3, 0.4) is 0 Å². The summed E-state index contributed by atoms with van der Waals surface area (Å²) in [5.74, 6) is 2.73. The lowest BCUT2D eigenvalue weighted by Crippen LogP contribution is -2.31. The molecule has 0 bridgehead atoms. The molecule has 0 N–H and O–H groups in total. The molecular weight excluding hydrogens is 941 g/mol. The second-order valence-electron chi connectivity index (χ2n) is 14.5. The van der Waals surface area contributed by atoms with E-state index in [1.165, 1.54) is 52.7 Å². The summed E-state index contributed by atoms with van der Waals surface area (Å²) in [6.07, 6.45) is 16.0. The third kappa shape index (κ3) is 15.9. The molecule has 0 radical (unpaired) electrons. The van der Waals surface area contributed by atoms with E-state index in [0.29, 0.717) is 17.3 Å². The molecule has 4 aromatic carbocycles. The van der Waals surface area contributed by atoms with E-state index >= 15 is 0 Å². The lowest BCUT2D eigenvalue weighted by Gasteiger charge is -2.27. The van der Waals surface area contributed by atoms with Gasteiger partial charge in [0.1, 0.15) is 30.3 Å². The van der Waals surface area contributed by atoms with Crippen LogP contribution in [0.25, 0.3) is 0 Å². The second-order valence-corrected chi connectivity index (χ2v) is 22.1. The number of ether oxygens (including phenoxy) is 4. The summed E-state index contributed by atoms with van der Waals surface area (Å²) in [6.45, 7) is 13.7. The van der Waals surface area contributed by atoms with Crippen LogP contribution in [0.15, 0.2) is 127 Å². The third-order valence-corrected chi connectivity index (χ3v) is 17.2. The number of hydrogen-bond acceptors (Lipinski definition) is 14. The zero-order valence-corrected chi connectivity index (χ0v) is 44.2. The van der Waals surface area contributed by atoms with Crippen LogP contribution in [0.1, 0.15) is 43.0 Å². The summed E-state index contributed by atoms with van der Waals surface area (Å²) in [4.78, 5) is 32.4. The normalized spacial score (nSPS) is 12.8. The molecule has 14 heteroatoms. The van der Waals surface area contributed by atoms with Gasteiger partial charge in [0.15, 0.2) is 5.44 Å². The van der Waals surface area contributed by atoms with Crippen LogP contribution >= 0.6 is 94.1 Å². The van der Waals surface area contributed by atoms with Gasteiger partial charge in [-0.25, -0.2) is 9.59 Å². The predicted octanol–water partition coefficient (Wildman–Crippen LogP) is 13.6. The van der Waals surface area contributed by atoms with Crippen LogP contribution in [-0.2, 0) is 37.3 Å². The highest BCUT2D eigenvalue weighted by Crippen LogP contribution is 2.38. The highest BCUT2D eigenvalue weighted by atomic mass is 32.2. The van der Waals surface area contributed by atoms with Gasteiger partial charge in [0.25, 0.3) is 0 Å². The Hall–Kier alpha value is -2.30. The van der Waals surface area contributed by atoms with Crippen LogP contribution < -0.4 is 9.47 Å². The summed E-state index contributed by atoms with van der Waals surface area (Å²) in [7, 11) is 0. The maximum absolute atomic E-state index is 12.4. The molecule has 0 fully saturated rings. The number of benzene rings is 4. The standard InChI is InChI=1S/C49H60O6S8/c1-12-46(50)54-37(31-62-24-22-40-42(58-8)26-38(56-6)27-43(40)59-9)30-52-35-18-14-33(15-19-35)49(4,5)34-16-20-36(21-17-34)53-32(3)48(55-47(51)13-2)63-25-23-41-44(60-10)28-39(57-7)29-45(41)61-11/h12-21,26-29,32,37,48H,1-2,22-25,30-31H2,3-11H3. The molecule has 4 aromatic rings. The largest absolute Gasteiger partial charge is 0.490 e. The Morgan fingerprint density at radius 2 is 1.08 bits per heavy atom. The Morgan fingerprint density at radius 3 is 1.52 bits per heavy atom. The lowest BCUT2D eigenvalue weighted by atomic mass is 9.78. The molecule has 0 amide bonds. The van der Waals surface area contributed by atoms with Crippen molar-refractivity contribution in [3.63, 3.8) is 0 Å². The molecule has 6 nitrogen and oxygen atoms in total. The van der Waals surface area contributed by atoms with Gasteiger partial charge < -0.3 is 18.9 Å². The Labute approximate surface area is 410 Å². The van der Waals surface area contributed by atoms with E-state index in [1.807, 2.05) is 31.2 Å². The summed E-state index contributed by atoms with van der Waals surface area (Å²) in [6, 6.07) is 25.2. The van der Waals surface area contributed by atoms with E-state index in [1.54, 1.807) is 94.1 Å². The molecular formula is C49H60O6S8. The maximum atomic E-state index is 12.4. The lowest BCUT2D eigenvalue weighted by molar-refractivity contribution is -0.143. The molecule has 0 saturated heterocycles. The third-order valence-electron chi connectivity index (χ3n) is 10.2. The van der Waals surface area contributed by atoms with E-state index < -0.39 is 29.6 Å². The molecule has 340 valence electrons.